The summed E-state index contributed by atoms with van der Waals surface area (Å²) < 4.78 is 5.09. The standard InChI is InChI=1S/C13H17NO9/c15-3-7-9(19)10(20)11(21)13(23-7)14-12(22)4-1-5(16)8(18)6(17)2-4/h1-2,7,9-11,13,15-21H,3H2,(H,14,22). The third kappa shape index (κ3) is 3.30. The third-order valence-electron chi connectivity index (χ3n) is 3.50. The summed E-state index contributed by atoms with van der Waals surface area (Å²) in [6.07, 6.45) is -7.54. The van der Waals surface area contributed by atoms with E-state index in [-0.39, 0.29) is 5.56 Å². The van der Waals surface area contributed by atoms with Crippen LogP contribution in [-0.4, -0.2) is 78.9 Å². The molecule has 10 heteroatoms. The highest BCUT2D eigenvalue weighted by molar-refractivity contribution is 5.95. The summed E-state index contributed by atoms with van der Waals surface area (Å²) in [6, 6.07) is 1.74. The molecule has 1 aromatic carbocycles. The highest BCUT2D eigenvalue weighted by Crippen LogP contribution is 2.35. The molecule has 0 radical (unpaired) electrons. The number of benzene rings is 1. The minimum Gasteiger partial charge on any atom is -0.504 e. The van der Waals surface area contributed by atoms with Crippen LogP contribution >= 0.6 is 0 Å². The minimum atomic E-state index is -1.67. The third-order valence-corrected chi connectivity index (χ3v) is 3.50. The predicted molar refractivity (Wildman–Crippen MR) is 72.7 cm³/mol. The topological polar surface area (TPSA) is 180 Å². The van der Waals surface area contributed by atoms with Gasteiger partial charge in [-0.25, -0.2) is 0 Å². The van der Waals surface area contributed by atoms with E-state index in [1.807, 2.05) is 0 Å². The Hall–Kier alpha value is -2.11. The van der Waals surface area contributed by atoms with E-state index in [0.717, 1.165) is 12.1 Å². The first-order valence-corrected chi connectivity index (χ1v) is 6.62. The molecule has 0 bridgehead atoms. The molecule has 5 unspecified atom stereocenters. The molecule has 1 aromatic rings. The number of aliphatic hydroxyl groups excluding tert-OH is 4. The number of ether oxygens (including phenoxy) is 1. The monoisotopic (exact) mass is 331 g/mol. The van der Waals surface area contributed by atoms with E-state index >= 15 is 0 Å². The maximum Gasteiger partial charge on any atom is 0.253 e. The van der Waals surface area contributed by atoms with Crippen molar-refractivity contribution in [2.24, 2.45) is 0 Å². The molecule has 0 spiro atoms. The van der Waals surface area contributed by atoms with Crippen LogP contribution in [-0.2, 0) is 4.74 Å². The molecule has 1 fully saturated rings. The lowest BCUT2D eigenvalue weighted by Crippen LogP contribution is -2.63. The van der Waals surface area contributed by atoms with E-state index in [2.05, 4.69) is 5.32 Å². The first-order valence-electron chi connectivity index (χ1n) is 6.62. The number of hydrogen-bond acceptors (Lipinski definition) is 9. The lowest BCUT2D eigenvalue weighted by Gasteiger charge is -2.40. The molecule has 1 saturated heterocycles. The van der Waals surface area contributed by atoms with Gasteiger partial charge in [0.15, 0.2) is 23.5 Å². The molecule has 0 aliphatic carbocycles. The van der Waals surface area contributed by atoms with Crippen molar-refractivity contribution in [2.45, 2.75) is 30.6 Å². The summed E-state index contributed by atoms with van der Waals surface area (Å²) in [6.45, 7) is -0.655. The second-order valence-corrected chi connectivity index (χ2v) is 5.09. The first kappa shape index (κ1) is 17.2. The molecule has 1 aliphatic rings. The van der Waals surface area contributed by atoms with Crippen LogP contribution in [0.1, 0.15) is 10.4 Å². The Balaban J connectivity index is 2.16. The summed E-state index contributed by atoms with van der Waals surface area (Å²) in [5.41, 5.74) is -0.255. The van der Waals surface area contributed by atoms with Crippen LogP contribution < -0.4 is 5.32 Å². The first-order chi connectivity index (χ1) is 10.8. The maximum absolute atomic E-state index is 12.0. The molecule has 8 N–H and O–H groups in total. The fourth-order valence-corrected chi connectivity index (χ4v) is 2.17. The Labute approximate surface area is 129 Å². The quantitative estimate of drug-likeness (QED) is 0.274. The van der Waals surface area contributed by atoms with Gasteiger partial charge in [0.2, 0.25) is 0 Å². The van der Waals surface area contributed by atoms with Crippen molar-refractivity contribution >= 4 is 5.91 Å². The van der Waals surface area contributed by atoms with Crippen molar-refractivity contribution in [3.63, 3.8) is 0 Å². The summed E-state index contributed by atoms with van der Waals surface area (Å²) in [7, 11) is 0. The molecule has 2 rings (SSSR count). The van der Waals surface area contributed by atoms with E-state index in [0.29, 0.717) is 0 Å². The number of carbonyl (C=O) groups is 1. The highest BCUT2D eigenvalue weighted by atomic mass is 16.6. The van der Waals surface area contributed by atoms with Crippen LogP contribution in [0.2, 0.25) is 0 Å². The van der Waals surface area contributed by atoms with E-state index in [9.17, 15) is 35.4 Å². The molecular formula is C13H17NO9. The molecule has 1 heterocycles. The number of nitrogens with one attached hydrogen (secondary N) is 1. The van der Waals surface area contributed by atoms with Crippen molar-refractivity contribution in [1.82, 2.24) is 5.32 Å². The molecule has 128 valence electrons. The van der Waals surface area contributed by atoms with E-state index in [1.54, 1.807) is 0 Å². The van der Waals surface area contributed by atoms with Gasteiger partial charge in [0.25, 0.3) is 5.91 Å². The number of aromatic hydroxyl groups is 3. The zero-order valence-electron chi connectivity index (χ0n) is 11.7. The van der Waals surface area contributed by atoms with Gasteiger partial charge in [-0.3, -0.25) is 4.79 Å². The molecule has 5 atom stereocenters. The van der Waals surface area contributed by atoms with Crippen LogP contribution in [0.5, 0.6) is 17.2 Å². The largest absolute Gasteiger partial charge is 0.504 e. The Kier molecular flexibility index (Phi) is 4.92. The van der Waals surface area contributed by atoms with Crippen LogP contribution in [0, 0.1) is 0 Å². The molecular weight excluding hydrogens is 314 g/mol. The van der Waals surface area contributed by atoms with Gasteiger partial charge in [-0.15, -0.1) is 0 Å². The Morgan fingerprint density at radius 3 is 2.13 bits per heavy atom. The van der Waals surface area contributed by atoms with Gasteiger partial charge in [-0.1, -0.05) is 0 Å². The number of carbonyl (C=O) groups excluding carboxylic acids is 1. The molecule has 0 saturated carbocycles. The van der Waals surface area contributed by atoms with Gasteiger partial charge in [0, 0.05) is 5.56 Å². The van der Waals surface area contributed by atoms with Crippen LogP contribution in [0.4, 0.5) is 0 Å². The van der Waals surface area contributed by atoms with Gasteiger partial charge in [0.1, 0.15) is 24.4 Å². The number of amides is 1. The van der Waals surface area contributed by atoms with E-state index in [1.165, 1.54) is 0 Å². The fourth-order valence-electron chi connectivity index (χ4n) is 2.17. The smallest absolute Gasteiger partial charge is 0.253 e. The van der Waals surface area contributed by atoms with Gasteiger partial charge >= 0.3 is 0 Å². The SMILES string of the molecule is O=C(NC1OC(CO)C(O)C(O)C1O)c1cc(O)c(O)c(O)c1. The van der Waals surface area contributed by atoms with Crippen LogP contribution in [0.3, 0.4) is 0 Å². The van der Waals surface area contributed by atoms with Gasteiger partial charge < -0.3 is 45.8 Å². The minimum absolute atomic E-state index is 0.255. The highest BCUT2D eigenvalue weighted by Gasteiger charge is 2.44. The van der Waals surface area contributed by atoms with Crippen LogP contribution in [0.25, 0.3) is 0 Å². The fraction of sp³-hybridized carbons (Fsp3) is 0.462. The van der Waals surface area contributed by atoms with Gasteiger partial charge in [-0.2, -0.15) is 0 Å². The van der Waals surface area contributed by atoms with E-state index in [4.69, 9.17) is 9.84 Å². The van der Waals surface area contributed by atoms with Crippen molar-refractivity contribution in [1.29, 1.82) is 0 Å². The Bertz CT molecular complexity index is 568. The number of rotatable bonds is 3. The van der Waals surface area contributed by atoms with Crippen molar-refractivity contribution < 1.29 is 45.3 Å². The normalized spacial score (nSPS) is 30.9. The Morgan fingerprint density at radius 1 is 1.04 bits per heavy atom. The van der Waals surface area contributed by atoms with Crippen molar-refractivity contribution in [2.75, 3.05) is 6.61 Å². The number of phenolic OH excluding ortho intramolecular Hbond substituents is 3. The average molecular weight is 331 g/mol. The summed E-state index contributed by atoms with van der Waals surface area (Å²) >= 11 is 0. The summed E-state index contributed by atoms with van der Waals surface area (Å²) in [5.74, 6) is -3.16. The lowest BCUT2D eigenvalue weighted by atomic mass is 9.98. The lowest BCUT2D eigenvalue weighted by molar-refractivity contribution is -0.233. The number of aliphatic hydroxyl groups is 4. The second-order valence-electron chi connectivity index (χ2n) is 5.09. The summed E-state index contributed by atoms with van der Waals surface area (Å²) in [4.78, 5) is 12.0. The van der Waals surface area contributed by atoms with Crippen molar-refractivity contribution in [3.05, 3.63) is 17.7 Å². The molecule has 1 aliphatic heterocycles. The van der Waals surface area contributed by atoms with Gasteiger partial charge in [0.05, 0.1) is 6.61 Å². The number of phenols is 3. The van der Waals surface area contributed by atoms with Gasteiger partial charge in [-0.05, 0) is 12.1 Å². The zero-order chi connectivity index (χ0) is 17.3. The molecule has 23 heavy (non-hydrogen) atoms. The summed E-state index contributed by atoms with van der Waals surface area (Å²) in [5, 5.41) is 68.2. The second kappa shape index (κ2) is 6.56. The zero-order valence-corrected chi connectivity index (χ0v) is 11.7. The Morgan fingerprint density at radius 2 is 1.61 bits per heavy atom. The molecule has 0 aromatic heterocycles. The van der Waals surface area contributed by atoms with E-state index < -0.39 is 60.4 Å². The molecule has 1 amide bonds. The average Bonchev–Trinajstić information content (AvgIpc) is 2.52. The van der Waals surface area contributed by atoms with Crippen LogP contribution in [0.15, 0.2) is 12.1 Å². The molecule has 10 nitrogen and oxygen atoms in total. The predicted octanol–water partition coefficient (Wildman–Crippen LogP) is -2.67. The number of hydrogen-bond donors (Lipinski definition) is 8. The maximum atomic E-state index is 12.0. The van der Waals surface area contributed by atoms with Crippen molar-refractivity contribution in [3.8, 4) is 17.2 Å².